The van der Waals surface area contributed by atoms with Crippen LogP contribution >= 0.6 is 15.9 Å². The number of anilines is 1. The molecule has 0 aliphatic rings. The summed E-state index contributed by atoms with van der Waals surface area (Å²) in [6.45, 7) is 5.19. The summed E-state index contributed by atoms with van der Waals surface area (Å²) in [6, 6.07) is 11.0. The Kier molecular flexibility index (Phi) is 5.60. The Morgan fingerprint density at radius 3 is 2.35 bits per heavy atom. The van der Waals surface area contributed by atoms with E-state index < -0.39 is 0 Å². The van der Waals surface area contributed by atoms with Crippen molar-refractivity contribution in [3.8, 4) is 0 Å². The molecule has 1 aromatic heterocycles. The quantitative estimate of drug-likeness (QED) is 0.824. The van der Waals surface area contributed by atoms with Gasteiger partial charge in [0.1, 0.15) is 5.82 Å². The van der Waals surface area contributed by atoms with Crippen LogP contribution in [0.5, 0.6) is 0 Å². The molecule has 1 N–H and O–H groups in total. The Hall–Kier alpha value is -1.35. The fourth-order valence-electron chi connectivity index (χ4n) is 2.21. The number of benzene rings is 1. The normalized spacial score (nSPS) is 10.6. The van der Waals surface area contributed by atoms with Crippen LogP contribution in [-0.2, 0) is 12.8 Å². The van der Waals surface area contributed by atoms with Crippen LogP contribution in [0.2, 0.25) is 0 Å². The molecule has 0 bridgehead atoms. The molecule has 2 aromatic rings. The van der Waals surface area contributed by atoms with E-state index in [9.17, 15) is 0 Å². The molecule has 1 heterocycles. The van der Waals surface area contributed by atoms with Crippen LogP contribution in [0.1, 0.15) is 30.0 Å². The van der Waals surface area contributed by atoms with Crippen LogP contribution in [0, 0.1) is 6.92 Å². The van der Waals surface area contributed by atoms with Gasteiger partial charge in [-0.25, -0.2) is 4.98 Å². The van der Waals surface area contributed by atoms with E-state index in [1.54, 1.807) is 0 Å². The van der Waals surface area contributed by atoms with E-state index in [0.717, 1.165) is 28.8 Å². The van der Waals surface area contributed by atoms with Gasteiger partial charge >= 0.3 is 0 Å². The lowest BCUT2D eigenvalue weighted by Gasteiger charge is -2.09. The van der Waals surface area contributed by atoms with E-state index in [2.05, 4.69) is 70.4 Å². The summed E-state index contributed by atoms with van der Waals surface area (Å²) in [5.41, 5.74) is 3.96. The molecule has 0 spiro atoms. The maximum absolute atomic E-state index is 4.39. The number of aryl methyl sites for hydroxylation is 2. The third-order valence-corrected chi connectivity index (χ3v) is 3.75. The van der Waals surface area contributed by atoms with Crippen LogP contribution in [0.4, 0.5) is 5.82 Å². The second kappa shape index (κ2) is 7.44. The molecule has 0 fully saturated rings. The van der Waals surface area contributed by atoms with Crippen molar-refractivity contribution >= 4 is 21.7 Å². The lowest BCUT2D eigenvalue weighted by Crippen LogP contribution is -2.07. The number of rotatable bonds is 6. The summed E-state index contributed by atoms with van der Waals surface area (Å²) in [4.78, 5) is 4.39. The number of hydrogen-bond donors (Lipinski definition) is 1. The highest BCUT2D eigenvalue weighted by Gasteiger charge is 2.00. The molecule has 0 saturated carbocycles. The molecule has 0 aliphatic carbocycles. The number of nitrogens with one attached hydrogen (secondary N) is 1. The molecular weight excluding hydrogens is 312 g/mol. The van der Waals surface area contributed by atoms with Gasteiger partial charge in [0.25, 0.3) is 0 Å². The fraction of sp³-hybridized carbons (Fsp3) is 0.353. The molecule has 2 nitrogen and oxygen atoms in total. The molecule has 1 aromatic carbocycles. The summed E-state index contributed by atoms with van der Waals surface area (Å²) >= 11 is 3.43. The number of pyridine rings is 1. The molecule has 0 aliphatic heterocycles. The van der Waals surface area contributed by atoms with Crippen LogP contribution in [-0.4, -0.2) is 11.5 Å². The molecule has 0 amide bonds. The zero-order valence-electron chi connectivity index (χ0n) is 12.1. The van der Waals surface area contributed by atoms with E-state index in [1.807, 2.05) is 6.20 Å². The van der Waals surface area contributed by atoms with Gasteiger partial charge in [0.15, 0.2) is 0 Å². The molecule has 20 heavy (non-hydrogen) atoms. The summed E-state index contributed by atoms with van der Waals surface area (Å²) in [6.07, 6.45) is 5.22. The summed E-state index contributed by atoms with van der Waals surface area (Å²) in [5, 5.41) is 3.40. The minimum absolute atomic E-state index is 0.905. The highest BCUT2D eigenvalue weighted by atomic mass is 79.9. The van der Waals surface area contributed by atoms with Gasteiger partial charge in [-0.3, -0.25) is 0 Å². The molecule has 0 radical (unpaired) electrons. The van der Waals surface area contributed by atoms with Crippen molar-refractivity contribution in [2.45, 2.75) is 33.1 Å². The average Bonchev–Trinajstić information content (AvgIpc) is 2.43. The topological polar surface area (TPSA) is 24.9 Å². The smallest absolute Gasteiger partial charge is 0.128 e. The van der Waals surface area contributed by atoms with E-state index in [1.165, 1.54) is 24.0 Å². The first kappa shape index (κ1) is 15.0. The van der Waals surface area contributed by atoms with E-state index in [4.69, 9.17) is 0 Å². The zero-order valence-corrected chi connectivity index (χ0v) is 13.7. The average molecular weight is 333 g/mol. The first-order valence-corrected chi connectivity index (χ1v) is 7.92. The Balaban J connectivity index is 1.86. The molecule has 106 valence electrons. The molecule has 0 atom stereocenters. The van der Waals surface area contributed by atoms with Crippen LogP contribution in [0.15, 0.2) is 41.0 Å². The number of nitrogens with zero attached hydrogens (tertiary/aromatic N) is 1. The monoisotopic (exact) mass is 332 g/mol. The highest BCUT2D eigenvalue weighted by molar-refractivity contribution is 9.10. The van der Waals surface area contributed by atoms with Gasteiger partial charge in [0, 0.05) is 17.2 Å². The maximum atomic E-state index is 4.39. The van der Waals surface area contributed by atoms with Crippen LogP contribution in [0.3, 0.4) is 0 Å². The first-order valence-electron chi connectivity index (χ1n) is 7.13. The summed E-state index contributed by atoms with van der Waals surface area (Å²) in [5.74, 6) is 0.968. The van der Waals surface area contributed by atoms with Crippen molar-refractivity contribution in [1.29, 1.82) is 0 Å². The second-order valence-corrected chi connectivity index (χ2v) is 5.98. The Morgan fingerprint density at radius 1 is 1.10 bits per heavy atom. The minimum Gasteiger partial charge on any atom is -0.370 e. The van der Waals surface area contributed by atoms with Gasteiger partial charge in [-0.05, 0) is 58.5 Å². The van der Waals surface area contributed by atoms with Crippen molar-refractivity contribution < 1.29 is 0 Å². The zero-order chi connectivity index (χ0) is 14.4. The Bertz CT molecular complexity index is 549. The Labute approximate surface area is 129 Å². The SMILES string of the molecule is CCCc1ccc(CCNc2ncc(Br)cc2C)cc1. The maximum Gasteiger partial charge on any atom is 0.128 e. The predicted octanol–water partition coefficient (Wildman–Crippen LogP) is 4.76. The van der Waals surface area contributed by atoms with Crippen molar-refractivity contribution in [2.75, 3.05) is 11.9 Å². The third-order valence-electron chi connectivity index (χ3n) is 3.31. The minimum atomic E-state index is 0.905. The molecule has 0 unspecified atom stereocenters. The van der Waals surface area contributed by atoms with E-state index in [-0.39, 0.29) is 0 Å². The van der Waals surface area contributed by atoms with E-state index >= 15 is 0 Å². The van der Waals surface area contributed by atoms with Gasteiger partial charge < -0.3 is 5.32 Å². The van der Waals surface area contributed by atoms with Gasteiger partial charge in [-0.1, -0.05) is 37.6 Å². The standard InChI is InChI=1S/C17H21BrN2/c1-3-4-14-5-7-15(8-6-14)9-10-19-17-13(2)11-16(18)12-20-17/h5-8,11-12H,3-4,9-10H2,1-2H3,(H,19,20). The van der Waals surface area contributed by atoms with Crippen molar-refractivity contribution in [2.24, 2.45) is 0 Å². The van der Waals surface area contributed by atoms with Crippen LogP contribution in [0.25, 0.3) is 0 Å². The number of halogens is 1. The molecule has 0 saturated heterocycles. The van der Waals surface area contributed by atoms with Crippen molar-refractivity contribution in [3.05, 3.63) is 57.7 Å². The van der Waals surface area contributed by atoms with Gasteiger partial charge in [-0.15, -0.1) is 0 Å². The van der Waals surface area contributed by atoms with Crippen molar-refractivity contribution in [3.63, 3.8) is 0 Å². The summed E-state index contributed by atoms with van der Waals surface area (Å²) < 4.78 is 1.02. The fourth-order valence-corrected chi connectivity index (χ4v) is 2.66. The predicted molar refractivity (Wildman–Crippen MR) is 89.3 cm³/mol. The Morgan fingerprint density at radius 2 is 1.75 bits per heavy atom. The number of aromatic nitrogens is 1. The largest absolute Gasteiger partial charge is 0.370 e. The number of hydrogen-bond acceptors (Lipinski definition) is 2. The first-order chi connectivity index (χ1) is 9.69. The molecule has 2 rings (SSSR count). The second-order valence-electron chi connectivity index (χ2n) is 5.06. The third kappa shape index (κ3) is 4.34. The molecule has 3 heteroatoms. The highest BCUT2D eigenvalue weighted by Crippen LogP contribution is 2.16. The van der Waals surface area contributed by atoms with Gasteiger partial charge in [-0.2, -0.15) is 0 Å². The van der Waals surface area contributed by atoms with Gasteiger partial charge in [0.2, 0.25) is 0 Å². The lowest BCUT2D eigenvalue weighted by atomic mass is 10.1. The van der Waals surface area contributed by atoms with Crippen molar-refractivity contribution in [1.82, 2.24) is 4.98 Å². The summed E-state index contributed by atoms with van der Waals surface area (Å²) in [7, 11) is 0. The lowest BCUT2D eigenvalue weighted by molar-refractivity contribution is 0.918. The van der Waals surface area contributed by atoms with Crippen LogP contribution < -0.4 is 5.32 Å². The molecular formula is C17H21BrN2. The van der Waals surface area contributed by atoms with E-state index in [0.29, 0.717) is 0 Å². The van der Waals surface area contributed by atoms with Gasteiger partial charge in [0.05, 0.1) is 0 Å².